The molecular weight excluding hydrogens is 270 g/mol. The van der Waals surface area contributed by atoms with E-state index in [-0.39, 0.29) is 17.6 Å². The Hall–Kier alpha value is -2.74. The quantitative estimate of drug-likeness (QED) is 0.706. The molecule has 0 fully saturated rings. The standard InChI is InChI=1S/C20H15NO/c22-20-17-11-5-4-10-16(17)18(14-7-2-1-3-8-14)19(20)15-9-6-12-21-13-15/h1-13,18-19H/t18-,19+/m0/s1. The van der Waals surface area contributed by atoms with Crippen LogP contribution in [0.1, 0.15) is 38.9 Å². The normalized spacial score (nSPS) is 19.9. The lowest BCUT2D eigenvalue weighted by Crippen LogP contribution is -2.13. The van der Waals surface area contributed by atoms with Crippen LogP contribution in [0.3, 0.4) is 0 Å². The Morgan fingerprint density at radius 3 is 2.23 bits per heavy atom. The van der Waals surface area contributed by atoms with E-state index in [1.165, 1.54) is 5.56 Å². The first-order valence-corrected chi connectivity index (χ1v) is 7.44. The van der Waals surface area contributed by atoms with Crippen LogP contribution in [-0.4, -0.2) is 10.8 Å². The average Bonchev–Trinajstić information content (AvgIpc) is 2.90. The van der Waals surface area contributed by atoms with Crippen molar-refractivity contribution in [1.82, 2.24) is 4.98 Å². The first-order chi connectivity index (χ1) is 10.9. The van der Waals surface area contributed by atoms with E-state index in [4.69, 9.17) is 0 Å². The predicted octanol–water partition coefficient (Wildman–Crippen LogP) is 4.19. The molecule has 3 aromatic rings. The van der Waals surface area contributed by atoms with Gasteiger partial charge in [-0.25, -0.2) is 0 Å². The van der Waals surface area contributed by atoms with Gasteiger partial charge >= 0.3 is 0 Å². The number of rotatable bonds is 2. The highest BCUT2D eigenvalue weighted by molar-refractivity contribution is 6.06. The second kappa shape index (κ2) is 5.23. The molecule has 2 heteroatoms. The molecule has 1 heterocycles. The minimum Gasteiger partial charge on any atom is -0.293 e. The van der Waals surface area contributed by atoms with Crippen LogP contribution in [0.4, 0.5) is 0 Å². The molecule has 0 bridgehead atoms. The Kier molecular flexibility index (Phi) is 3.08. The van der Waals surface area contributed by atoms with E-state index in [1.54, 1.807) is 6.20 Å². The summed E-state index contributed by atoms with van der Waals surface area (Å²) in [6.45, 7) is 0. The van der Waals surface area contributed by atoms with Crippen molar-refractivity contribution in [3.8, 4) is 0 Å². The highest BCUT2D eigenvalue weighted by Crippen LogP contribution is 2.47. The molecule has 0 amide bonds. The lowest BCUT2D eigenvalue weighted by molar-refractivity contribution is 0.0968. The van der Waals surface area contributed by atoms with Crippen molar-refractivity contribution in [3.05, 3.63) is 101 Å². The molecule has 106 valence electrons. The van der Waals surface area contributed by atoms with E-state index >= 15 is 0 Å². The number of ketones is 1. The molecule has 22 heavy (non-hydrogen) atoms. The maximum absolute atomic E-state index is 13.0. The minimum atomic E-state index is -0.187. The van der Waals surface area contributed by atoms with Gasteiger partial charge in [-0.3, -0.25) is 9.78 Å². The third kappa shape index (κ3) is 1.96. The second-order valence-electron chi connectivity index (χ2n) is 5.60. The van der Waals surface area contributed by atoms with Gasteiger partial charge in [0.15, 0.2) is 5.78 Å². The van der Waals surface area contributed by atoms with Gasteiger partial charge in [0.05, 0.1) is 5.92 Å². The Bertz CT molecular complexity index is 811. The number of carbonyl (C=O) groups is 1. The summed E-state index contributed by atoms with van der Waals surface area (Å²) in [5.41, 5.74) is 4.12. The Balaban J connectivity index is 1.92. The van der Waals surface area contributed by atoms with Gasteiger partial charge in [0, 0.05) is 23.9 Å². The number of carbonyl (C=O) groups excluding carboxylic acids is 1. The number of benzene rings is 2. The van der Waals surface area contributed by atoms with Crippen LogP contribution in [0.2, 0.25) is 0 Å². The highest BCUT2D eigenvalue weighted by Gasteiger charge is 2.41. The van der Waals surface area contributed by atoms with E-state index in [1.807, 2.05) is 54.7 Å². The van der Waals surface area contributed by atoms with Crippen LogP contribution < -0.4 is 0 Å². The average molecular weight is 285 g/mol. The summed E-state index contributed by atoms with van der Waals surface area (Å²) >= 11 is 0. The number of Topliss-reactive ketones (excluding diaryl/α,β-unsaturated/α-hetero) is 1. The summed E-state index contributed by atoms with van der Waals surface area (Å²) in [5, 5.41) is 0. The van der Waals surface area contributed by atoms with Crippen molar-refractivity contribution in [2.24, 2.45) is 0 Å². The summed E-state index contributed by atoms with van der Waals surface area (Å²) in [7, 11) is 0. The molecular formula is C20H15NO. The number of pyridine rings is 1. The molecule has 2 atom stereocenters. The molecule has 2 nitrogen and oxygen atoms in total. The Labute approximate surface area is 129 Å². The zero-order valence-corrected chi connectivity index (χ0v) is 12.0. The van der Waals surface area contributed by atoms with Gasteiger partial charge in [-0.2, -0.15) is 0 Å². The number of aromatic nitrogens is 1. The Morgan fingerprint density at radius 2 is 1.45 bits per heavy atom. The zero-order valence-electron chi connectivity index (χ0n) is 12.0. The fraction of sp³-hybridized carbons (Fsp3) is 0.100. The summed E-state index contributed by atoms with van der Waals surface area (Å²) in [5.74, 6) is 0.0695. The largest absolute Gasteiger partial charge is 0.293 e. The van der Waals surface area contributed by atoms with Crippen LogP contribution >= 0.6 is 0 Å². The predicted molar refractivity (Wildman–Crippen MR) is 86.0 cm³/mol. The summed E-state index contributed by atoms with van der Waals surface area (Å²) in [6, 6.07) is 22.1. The molecule has 4 rings (SSSR count). The van der Waals surface area contributed by atoms with Gasteiger partial charge < -0.3 is 0 Å². The molecule has 0 saturated carbocycles. The molecule has 1 aromatic heterocycles. The van der Waals surface area contributed by atoms with E-state index in [0.29, 0.717) is 0 Å². The smallest absolute Gasteiger partial charge is 0.171 e. The number of fused-ring (bicyclic) bond motifs is 1. The minimum absolute atomic E-state index is 0.0640. The van der Waals surface area contributed by atoms with Gasteiger partial charge in [-0.1, -0.05) is 60.7 Å². The molecule has 1 aliphatic rings. The van der Waals surface area contributed by atoms with Crippen LogP contribution in [0.25, 0.3) is 0 Å². The van der Waals surface area contributed by atoms with Gasteiger partial charge in [0.25, 0.3) is 0 Å². The van der Waals surface area contributed by atoms with Crippen molar-refractivity contribution >= 4 is 5.78 Å². The van der Waals surface area contributed by atoms with Crippen molar-refractivity contribution < 1.29 is 4.79 Å². The molecule has 0 unspecified atom stereocenters. The maximum Gasteiger partial charge on any atom is 0.171 e. The van der Waals surface area contributed by atoms with Crippen LogP contribution in [0, 0.1) is 0 Å². The highest BCUT2D eigenvalue weighted by atomic mass is 16.1. The topological polar surface area (TPSA) is 30.0 Å². The summed E-state index contributed by atoms with van der Waals surface area (Å²) < 4.78 is 0. The summed E-state index contributed by atoms with van der Waals surface area (Å²) in [6.07, 6.45) is 3.55. The molecule has 1 aliphatic carbocycles. The maximum atomic E-state index is 13.0. The lowest BCUT2D eigenvalue weighted by Gasteiger charge is -2.20. The second-order valence-corrected chi connectivity index (χ2v) is 5.60. The molecule has 0 spiro atoms. The molecule has 2 aromatic carbocycles. The fourth-order valence-electron chi connectivity index (χ4n) is 3.43. The monoisotopic (exact) mass is 285 g/mol. The van der Waals surface area contributed by atoms with Crippen molar-refractivity contribution in [2.45, 2.75) is 11.8 Å². The van der Waals surface area contributed by atoms with E-state index in [9.17, 15) is 4.79 Å². The van der Waals surface area contributed by atoms with Crippen molar-refractivity contribution in [3.63, 3.8) is 0 Å². The van der Waals surface area contributed by atoms with Crippen LogP contribution in [0.5, 0.6) is 0 Å². The zero-order chi connectivity index (χ0) is 14.9. The van der Waals surface area contributed by atoms with E-state index in [0.717, 1.165) is 16.7 Å². The fourth-order valence-corrected chi connectivity index (χ4v) is 3.43. The molecule has 0 aliphatic heterocycles. The van der Waals surface area contributed by atoms with Crippen LogP contribution in [0.15, 0.2) is 79.1 Å². The molecule has 0 N–H and O–H groups in total. The van der Waals surface area contributed by atoms with E-state index < -0.39 is 0 Å². The number of hydrogen-bond donors (Lipinski definition) is 0. The van der Waals surface area contributed by atoms with E-state index in [2.05, 4.69) is 23.2 Å². The third-order valence-corrected chi connectivity index (χ3v) is 4.38. The molecule has 0 radical (unpaired) electrons. The van der Waals surface area contributed by atoms with Crippen molar-refractivity contribution in [1.29, 1.82) is 0 Å². The number of nitrogens with zero attached hydrogens (tertiary/aromatic N) is 1. The van der Waals surface area contributed by atoms with Crippen LogP contribution in [-0.2, 0) is 0 Å². The van der Waals surface area contributed by atoms with Gasteiger partial charge in [0.2, 0.25) is 0 Å². The van der Waals surface area contributed by atoms with Gasteiger partial charge in [-0.05, 0) is 22.8 Å². The first-order valence-electron chi connectivity index (χ1n) is 7.44. The third-order valence-electron chi connectivity index (χ3n) is 4.38. The lowest BCUT2D eigenvalue weighted by atomic mass is 9.82. The van der Waals surface area contributed by atoms with Gasteiger partial charge in [0.1, 0.15) is 0 Å². The van der Waals surface area contributed by atoms with Crippen molar-refractivity contribution in [2.75, 3.05) is 0 Å². The number of hydrogen-bond acceptors (Lipinski definition) is 2. The Morgan fingerprint density at radius 1 is 0.727 bits per heavy atom. The first kappa shape index (κ1) is 13.0. The van der Waals surface area contributed by atoms with Gasteiger partial charge in [-0.15, -0.1) is 0 Å². The summed E-state index contributed by atoms with van der Waals surface area (Å²) in [4.78, 5) is 17.2. The SMILES string of the molecule is O=C1c2ccccc2[C@H](c2ccccc2)[C@H]1c1cccnc1. The molecule has 0 saturated heterocycles.